The highest BCUT2D eigenvalue weighted by atomic mass is 32.2. The standard InChI is InChI=1S/C12H12N2O4S/c13-7-8-1-5-10(6-2-8)19(17,18)14-11(12(15)16)9-3-4-9/h1-2,5-6,9,11,14H,3-4H2,(H,15,16). The predicted molar refractivity (Wildman–Crippen MR) is 65.6 cm³/mol. The number of carbonyl (C=O) groups is 1. The number of carboxylic acid groups (broad SMARTS) is 1. The Morgan fingerprint density at radius 1 is 1.37 bits per heavy atom. The molecule has 19 heavy (non-hydrogen) atoms. The maximum atomic E-state index is 12.0. The summed E-state index contributed by atoms with van der Waals surface area (Å²) in [5, 5.41) is 17.6. The summed E-state index contributed by atoms with van der Waals surface area (Å²) >= 11 is 0. The van der Waals surface area contributed by atoms with Gasteiger partial charge in [0.25, 0.3) is 0 Å². The molecule has 1 aromatic rings. The average Bonchev–Trinajstić information content (AvgIpc) is 3.20. The van der Waals surface area contributed by atoms with E-state index in [2.05, 4.69) is 4.72 Å². The van der Waals surface area contributed by atoms with Crippen LogP contribution in [0, 0.1) is 17.2 Å². The molecule has 0 heterocycles. The lowest BCUT2D eigenvalue weighted by Crippen LogP contribution is -2.42. The molecule has 0 spiro atoms. The van der Waals surface area contributed by atoms with Crippen LogP contribution in [0.4, 0.5) is 0 Å². The van der Waals surface area contributed by atoms with Crippen LogP contribution in [0.5, 0.6) is 0 Å². The van der Waals surface area contributed by atoms with Crippen LogP contribution in [-0.2, 0) is 14.8 Å². The lowest BCUT2D eigenvalue weighted by Gasteiger charge is -2.13. The van der Waals surface area contributed by atoms with Gasteiger partial charge in [0.05, 0.1) is 16.5 Å². The Labute approximate surface area is 110 Å². The third-order valence-electron chi connectivity index (χ3n) is 2.94. The SMILES string of the molecule is N#Cc1ccc(S(=O)(=O)NC(C(=O)O)C2CC2)cc1. The molecule has 1 atom stereocenters. The van der Waals surface area contributed by atoms with E-state index in [0.717, 1.165) is 0 Å². The van der Waals surface area contributed by atoms with Gasteiger partial charge in [0.1, 0.15) is 6.04 Å². The molecule has 0 bridgehead atoms. The number of hydrogen-bond donors (Lipinski definition) is 2. The quantitative estimate of drug-likeness (QED) is 0.825. The molecular weight excluding hydrogens is 268 g/mol. The fourth-order valence-corrected chi connectivity index (χ4v) is 2.98. The van der Waals surface area contributed by atoms with Gasteiger partial charge in [-0.25, -0.2) is 8.42 Å². The Morgan fingerprint density at radius 2 is 1.95 bits per heavy atom. The molecule has 0 aromatic heterocycles. The van der Waals surface area contributed by atoms with Gasteiger partial charge in [0.15, 0.2) is 0 Å². The van der Waals surface area contributed by atoms with E-state index in [1.54, 1.807) is 0 Å². The van der Waals surface area contributed by atoms with E-state index in [0.29, 0.717) is 18.4 Å². The van der Waals surface area contributed by atoms with E-state index < -0.39 is 22.0 Å². The second-order valence-corrected chi connectivity index (χ2v) is 6.12. The lowest BCUT2D eigenvalue weighted by molar-refractivity contribution is -0.139. The zero-order valence-electron chi connectivity index (χ0n) is 9.91. The first-order valence-electron chi connectivity index (χ1n) is 5.69. The van der Waals surface area contributed by atoms with Crippen LogP contribution in [0.15, 0.2) is 29.2 Å². The first-order valence-corrected chi connectivity index (χ1v) is 7.17. The van der Waals surface area contributed by atoms with Crippen molar-refractivity contribution in [1.29, 1.82) is 5.26 Å². The molecule has 7 heteroatoms. The van der Waals surface area contributed by atoms with Gasteiger partial charge >= 0.3 is 5.97 Å². The average molecular weight is 280 g/mol. The first kappa shape index (κ1) is 13.5. The number of hydrogen-bond acceptors (Lipinski definition) is 4. The monoisotopic (exact) mass is 280 g/mol. The van der Waals surface area contributed by atoms with E-state index >= 15 is 0 Å². The third-order valence-corrected chi connectivity index (χ3v) is 4.39. The summed E-state index contributed by atoms with van der Waals surface area (Å²) in [6, 6.07) is 6.12. The summed E-state index contributed by atoms with van der Waals surface area (Å²) in [5.41, 5.74) is 0.343. The summed E-state index contributed by atoms with van der Waals surface area (Å²) in [6.45, 7) is 0. The molecule has 0 radical (unpaired) electrons. The normalized spacial score (nSPS) is 16.6. The van der Waals surface area contributed by atoms with Crippen LogP contribution in [-0.4, -0.2) is 25.5 Å². The Morgan fingerprint density at radius 3 is 2.37 bits per heavy atom. The van der Waals surface area contributed by atoms with Gasteiger partial charge in [0.2, 0.25) is 10.0 Å². The van der Waals surface area contributed by atoms with Crippen LogP contribution in [0.2, 0.25) is 0 Å². The number of nitrogens with zero attached hydrogens (tertiary/aromatic N) is 1. The molecule has 1 aliphatic carbocycles. The number of sulfonamides is 1. The van der Waals surface area contributed by atoms with Crippen molar-refractivity contribution >= 4 is 16.0 Å². The molecule has 0 saturated heterocycles. The lowest BCUT2D eigenvalue weighted by atomic mass is 10.2. The van der Waals surface area contributed by atoms with Gasteiger partial charge in [-0.1, -0.05) is 0 Å². The summed E-state index contributed by atoms with van der Waals surface area (Å²) in [4.78, 5) is 11.0. The number of benzene rings is 1. The van der Waals surface area contributed by atoms with Gasteiger partial charge < -0.3 is 5.11 Å². The molecule has 1 aliphatic rings. The summed E-state index contributed by atoms with van der Waals surface area (Å²) < 4.78 is 26.2. The van der Waals surface area contributed by atoms with Crippen LogP contribution < -0.4 is 4.72 Å². The summed E-state index contributed by atoms with van der Waals surface area (Å²) in [6.07, 6.45) is 1.43. The highest BCUT2D eigenvalue weighted by Gasteiger charge is 2.39. The van der Waals surface area contributed by atoms with Gasteiger partial charge in [0, 0.05) is 0 Å². The molecule has 1 unspecified atom stereocenters. The van der Waals surface area contributed by atoms with Crippen LogP contribution in [0.3, 0.4) is 0 Å². The fraction of sp³-hybridized carbons (Fsp3) is 0.333. The van der Waals surface area contributed by atoms with Gasteiger partial charge in [-0.3, -0.25) is 4.79 Å². The van der Waals surface area contributed by atoms with Crippen molar-refractivity contribution in [3.8, 4) is 6.07 Å². The van der Waals surface area contributed by atoms with E-state index in [1.807, 2.05) is 6.07 Å². The smallest absolute Gasteiger partial charge is 0.322 e. The Kier molecular flexibility index (Phi) is 3.55. The van der Waals surface area contributed by atoms with Crippen LogP contribution >= 0.6 is 0 Å². The minimum atomic E-state index is -3.87. The number of aliphatic carboxylic acids is 1. The summed E-state index contributed by atoms with van der Waals surface area (Å²) in [5.74, 6) is -1.30. The van der Waals surface area contributed by atoms with E-state index in [9.17, 15) is 13.2 Å². The predicted octanol–water partition coefficient (Wildman–Crippen LogP) is 0.700. The van der Waals surface area contributed by atoms with E-state index in [1.165, 1.54) is 24.3 Å². The van der Waals surface area contributed by atoms with E-state index in [4.69, 9.17) is 10.4 Å². The molecule has 1 fully saturated rings. The zero-order chi connectivity index (χ0) is 14.0. The van der Waals surface area contributed by atoms with Crippen molar-refractivity contribution in [2.75, 3.05) is 0 Å². The maximum Gasteiger partial charge on any atom is 0.322 e. The van der Waals surface area contributed by atoms with Crippen LogP contribution in [0.25, 0.3) is 0 Å². The van der Waals surface area contributed by atoms with Crippen LogP contribution in [0.1, 0.15) is 18.4 Å². The second kappa shape index (κ2) is 4.99. The minimum Gasteiger partial charge on any atom is -0.480 e. The number of nitriles is 1. The zero-order valence-corrected chi connectivity index (χ0v) is 10.7. The first-order chi connectivity index (χ1) is 8.94. The van der Waals surface area contributed by atoms with Crippen molar-refractivity contribution in [2.24, 2.45) is 5.92 Å². The number of rotatable bonds is 5. The minimum absolute atomic E-state index is 0.0431. The van der Waals surface area contributed by atoms with Gasteiger partial charge in [-0.15, -0.1) is 0 Å². The molecule has 1 aromatic carbocycles. The molecule has 1 saturated carbocycles. The number of nitrogens with one attached hydrogen (secondary N) is 1. The molecule has 0 aliphatic heterocycles. The molecular formula is C12H12N2O4S. The van der Waals surface area contributed by atoms with E-state index in [-0.39, 0.29) is 10.8 Å². The summed E-state index contributed by atoms with van der Waals surface area (Å²) in [7, 11) is -3.87. The highest BCUT2D eigenvalue weighted by Crippen LogP contribution is 2.33. The van der Waals surface area contributed by atoms with Gasteiger partial charge in [-0.05, 0) is 43.0 Å². The molecule has 2 rings (SSSR count). The van der Waals surface area contributed by atoms with Crippen molar-refractivity contribution in [3.63, 3.8) is 0 Å². The third kappa shape index (κ3) is 3.10. The Hall–Kier alpha value is -1.91. The fourth-order valence-electron chi connectivity index (χ4n) is 1.72. The molecule has 100 valence electrons. The Bertz CT molecular complexity index is 627. The Balaban J connectivity index is 2.21. The molecule has 0 amide bonds. The topological polar surface area (TPSA) is 107 Å². The van der Waals surface area contributed by atoms with Crippen molar-refractivity contribution in [3.05, 3.63) is 29.8 Å². The largest absolute Gasteiger partial charge is 0.480 e. The molecule has 2 N–H and O–H groups in total. The van der Waals surface area contributed by atoms with Crippen molar-refractivity contribution in [2.45, 2.75) is 23.8 Å². The van der Waals surface area contributed by atoms with Crippen molar-refractivity contribution in [1.82, 2.24) is 4.72 Å². The van der Waals surface area contributed by atoms with Gasteiger partial charge in [-0.2, -0.15) is 9.98 Å². The second-order valence-electron chi connectivity index (χ2n) is 4.41. The van der Waals surface area contributed by atoms with Crippen molar-refractivity contribution < 1.29 is 18.3 Å². The highest BCUT2D eigenvalue weighted by molar-refractivity contribution is 7.89. The number of carboxylic acids is 1. The maximum absolute atomic E-state index is 12.0. The molecule has 6 nitrogen and oxygen atoms in total.